The molecule has 4 nitrogen and oxygen atoms in total. The maximum absolute atomic E-state index is 13.8. The number of hydrogen-bond acceptors (Lipinski definition) is 3. The predicted octanol–water partition coefficient (Wildman–Crippen LogP) is 3.43. The summed E-state index contributed by atoms with van der Waals surface area (Å²) in [7, 11) is 5.50. The highest BCUT2D eigenvalue weighted by molar-refractivity contribution is 6.20. The number of nitrogens with zero attached hydrogens (tertiary/aromatic N) is 3. The first-order chi connectivity index (χ1) is 9.85. The molecule has 0 aliphatic heterocycles. The number of hydrogen-bond donors (Lipinski definition) is 0. The molecule has 0 spiro atoms. The van der Waals surface area contributed by atoms with Crippen LogP contribution in [-0.4, -0.2) is 41.7 Å². The average Bonchev–Trinajstić information content (AvgIpc) is 2.75. The number of alkyl halides is 1. The Balaban J connectivity index is 2.60. The highest BCUT2D eigenvalue weighted by atomic mass is 35.5. The number of rotatable bonds is 5. The molecule has 1 aromatic heterocycles. The number of likely N-dealkylation sites (N-methyl/N-ethyl adjacent to an activating group) is 1. The smallest absolute Gasteiger partial charge is 0.167 e. The summed E-state index contributed by atoms with van der Waals surface area (Å²) >= 11 is 6.23. The number of methoxy groups -OCH3 is 1. The van der Waals surface area contributed by atoms with Crippen molar-refractivity contribution in [2.45, 2.75) is 31.8 Å². The summed E-state index contributed by atoms with van der Waals surface area (Å²) in [5.74, 6) is 0.548. The zero-order valence-corrected chi connectivity index (χ0v) is 13.8. The Morgan fingerprint density at radius 3 is 2.57 bits per heavy atom. The quantitative estimate of drug-likeness (QED) is 0.792. The fraction of sp³-hybridized carbons (Fsp3) is 0.533. The summed E-state index contributed by atoms with van der Waals surface area (Å²) in [6.07, 6.45) is 0. The topological polar surface area (TPSA) is 30.3 Å². The third-order valence-electron chi connectivity index (χ3n) is 3.74. The fourth-order valence-corrected chi connectivity index (χ4v) is 2.39. The van der Waals surface area contributed by atoms with Crippen molar-refractivity contribution in [3.05, 3.63) is 23.8 Å². The van der Waals surface area contributed by atoms with E-state index in [2.05, 4.69) is 16.8 Å². The second kappa shape index (κ2) is 6.20. The Bertz CT molecular complexity index is 639. The molecule has 1 aromatic carbocycles. The van der Waals surface area contributed by atoms with Crippen molar-refractivity contribution in [2.24, 2.45) is 0 Å². The van der Waals surface area contributed by atoms with E-state index in [9.17, 15) is 4.39 Å². The molecule has 0 saturated heterocycles. The van der Waals surface area contributed by atoms with Crippen molar-refractivity contribution in [1.82, 2.24) is 14.5 Å². The summed E-state index contributed by atoms with van der Waals surface area (Å²) in [5, 5.41) is -0.249. The van der Waals surface area contributed by atoms with Crippen molar-refractivity contribution in [1.29, 1.82) is 0 Å². The number of ether oxygens (including phenoxy) is 1. The second-order valence-electron chi connectivity index (χ2n) is 5.48. The Hall–Kier alpha value is -1.33. The molecular weight excluding hydrogens is 293 g/mol. The highest BCUT2D eigenvalue weighted by Crippen LogP contribution is 2.29. The van der Waals surface area contributed by atoms with Gasteiger partial charge in [0.15, 0.2) is 11.6 Å². The van der Waals surface area contributed by atoms with E-state index >= 15 is 0 Å². The van der Waals surface area contributed by atoms with Crippen molar-refractivity contribution < 1.29 is 9.13 Å². The van der Waals surface area contributed by atoms with E-state index in [0.717, 1.165) is 17.9 Å². The SMILES string of the molecule is COc1cc2c(cc1F)nc(C(C)Cl)n2CC(C)N(C)C. The minimum atomic E-state index is -0.413. The number of imidazole rings is 1. The lowest BCUT2D eigenvalue weighted by molar-refractivity contribution is 0.283. The molecule has 2 unspecified atom stereocenters. The Morgan fingerprint density at radius 2 is 2.05 bits per heavy atom. The third-order valence-corrected chi connectivity index (χ3v) is 3.93. The molecule has 0 fully saturated rings. The van der Waals surface area contributed by atoms with Gasteiger partial charge in [0.1, 0.15) is 5.82 Å². The van der Waals surface area contributed by atoms with Crippen LogP contribution in [0.2, 0.25) is 0 Å². The Kier molecular flexibility index (Phi) is 4.74. The molecule has 1 heterocycles. The van der Waals surface area contributed by atoms with Crippen LogP contribution in [0.4, 0.5) is 4.39 Å². The monoisotopic (exact) mass is 313 g/mol. The van der Waals surface area contributed by atoms with Crippen molar-refractivity contribution >= 4 is 22.6 Å². The third kappa shape index (κ3) is 3.14. The zero-order valence-electron chi connectivity index (χ0n) is 13.0. The van der Waals surface area contributed by atoms with E-state index in [0.29, 0.717) is 11.6 Å². The van der Waals surface area contributed by atoms with Gasteiger partial charge in [0.2, 0.25) is 0 Å². The lowest BCUT2D eigenvalue weighted by Crippen LogP contribution is -2.29. The molecule has 2 atom stereocenters. The van der Waals surface area contributed by atoms with Gasteiger partial charge in [0.25, 0.3) is 0 Å². The van der Waals surface area contributed by atoms with E-state index in [1.165, 1.54) is 13.2 Å². The van der Waals surface area contributed by atoms with Crippen molar-refractivity contribution in [2.75, 3.05) is 21.2 Å². The van der Waals surface area contributed by atoms with E-state index in [1.54, 1.807) is 6.07 Å². The fourth-order valence-electron chi connectivity index (χ4n) is 2.22. The Morgan fingerprint density at radius 1 is 1.38 bits per heavy atom. The normalized spacial score (nSPS) is 14.7. The molecular formula is C15H21ClFN3O. The van der Waals surface area contributed by atoms with Gasteiger partial charge >= 0.3 is 0 Å². The van der Waals surface area contributed by atoms with Crippen molar-refractivity contribution in [3.8, 4) is 5.75 Å². The molecule has 0 amide bonds. The largest absolute Gasteiger partial charge is 0.494 e. The van der Waals surface area contributed by atoms with E-state index in [4.69, 9.17) is 16.3 Å². The molecule has 0 N–H and O–H groups in total. The summed E-state index contributed by atoms with van der Waals surface area (Å²) in [6, 6.07) is 3.38. The molecule has 21 heavy (non-hydrogen) atoms. The number of halogens is 2. The molecule has 0 aliphatic carbocycles. The first kappa shape index (κ1) is 16.0. The maximum atomic E-state index is 13.8. The molecule has 0 radical (unpaired) electrons. The van der Waals surface area contributed by atoms with Gasteiger partial charge in [-0.15, -0.1) is 11.6 Å². The lowest BCUT2D eigenvalue weighted by atomic mass is 10.2. The maximum Gasteiger partial charge on any atom is 0.167 e. The first-order valence-corrected chi connectivity index (χ1v) is 7.33. The first-order valence-electron chi connectivity index (χ1n) is 6.89. The molecule has 116 valence electrons. The van der Waals surface area contributed by atoms with Crippen LogP contribution in [-0.2, 0) is 6.54 Å². The molecule has 2 rings (SSSR count). The van der Waals surface area contributed by atoms with Gasteiger partial charge in [-0.05, 0) is 27.9 Å². The van der Waals surface area contributed by atoms with E-state index in [1.807, 2.05) is 25.6 Å². The van der Waals surface area contributed by atoms with Gasteiger partial charge in [-0.3, -0.25) is 0 Å². The Labute approximate surface area is 129 Å². The summed E-state index contributed by atoms with van der Waals surface area (Å²) in [5.41, 5.74) is 1.44. The van der Waals surface area contributed by atoms with Crippen LogP contribution >= 0.6 is 11.6 Å². The number of benzene rings is 1. The summed E-state index contributed by atoms with van der Waals surface area (Å²) in [4.78, 5) is 6.60. The molecule has 0 saturated carbocycles. The zero-order chi connectivity index (χ0) is 15.7. The minimum absolute atomic E-state index is 0.218. The molecule has 0 bridgehead atoms. The van der Waals surface area contributed by atoms with Gasteiger partial charge < -0.3 is 14.2 Å². The predicted molar refractivity (Wildman–Crippen MR) is 83.7 cm³/mol. The van der Waals surface area contributed by atoms with E-state index in [-0.39, 0.29) is 11.1 Å². The van der Waals surface area contributed by atoms with Crippen LogP contribution in [0.3, 0.4) is 0 Å². The molecule has 6 heteroatoms. The van der Waals surface area contributed by atoms with Crippen LogP contribution in [0.5, 0.6) is 5.75 Å². The van der Waals surface area contributed by atoms with Crippen LogP contribution in [0.15, 0.2) is 12.1 Å². The average molecular weight is 314 g/mol. The lowest BCUT2D eigenvalue weighted by Gasteiger charge is -2.22. The highest BCUT2D eigenvalue weighted by Gasteiger charge is 2.19. The van der Waals surface area contributed by atoms with Crippen LogP contribution in [0.25, 0.3) is 11.0 Å². The van der Waals surface area contributed by atoms with Crippen molar-refractivity contribution in [3.63, 3.8) is 0 Å². The van der Waals surface area contributed by atoms with Crippen LogP contribution in [0.1, 0.15) is 25.0 Å². The second-order valence-corrected chi connectivity index (χ2v) is 6.14. The molecule has 0 aliphatic rings. The van der Waals surface area contributed by atoms with Gasteiger partial charge in [-0.1, -0.05) is 0 Å². The minimum Gasteiger partial charge on any atom is -0.494 e. The van der Waals surface area contributed by atoms with Gasteiger partial charge in [-0.2, -0.15) is 0 Å². The summed E-state index contributed by atoms with van der Waals surface area (Å²) < 4.78 is 20.9. The number of aromatic nitrogens is 2. The van der Waals surface area contributed by atoms with Crippen LogP contribution < -0.4 is 4.74 Å². The van der Waals surface area contributed by atoms with Crippen LogP contribution in [0, 0.1) is 5.82 Å². The number of fused-ring (bicyclic) bond motifs is 1. The standard InChI is InChI=1S/C15H21ClFN3O/c1-9(19(3)4)8-20-13-7-14(21-5)11(17)6-12(13)18-15(20)10(2)16/h6-7,9-10H,8H2,1-5H3. The molecule has 2 aromatic rings. The van der Waals surface area contributed by atoms with Gasteiger partial charge in [-0.25, -0.2) is 9.37 Å². The van der Waals surface area contributed by atoms with E-state index < -0.39 is 5.82 Å². The van der Waals surface area contributed by atoms with Gasteiger partial charge in [0, 0.05) is 24.7 Å². The van der Waals surface area contributed by atoms with Gasteiger partial charge in [0.05, 0.1) is 23.5 Å². The summed E-state index contributed by atoms with van der Waals surface area (Å²) in [6.45, 7) is 4.72.